The van der Waals surface area contributed by atoms with Gasteiger partial charge >= 0.3 is 0 Å². The summed E-state index contributed by atoms with van der Waals surface area (Å²) >= 11 is 11.8. The number of halogens is 3. The van der Waals surface area contributed by atoms with Gasteiger partial charge in [-0.25, -0.2) is 4.98 Å². The number of nitrogens with zero attached hydrogens (tertiary/aromatic N) is 1. The summed E-state index contributed by atoms with van der Waals surface area (Å²) in [6, 6.07) is 9.55. The molecule has 0 saturated heterocycles. The lowest BCUT2D eigenvalue weighted by atomic mass is 10.3. The van der Waals surface area contributed by atoms with Crippen LogP contribution in [0.15, 0.2) is 36.4 Å². The van der Waals surface area contributed by atoms with E-state index in [1.165, 1.54) is 6.07 Å². The second-order valence-corrected chi connectivity index (χ2v) is 4.11. The van der Waals surface area contributed by atoms with E-state index >= 15 is 0 Å². The molecule has 1 heterocycles. The zero-order chi connectivity index (χ0) is 12.3. The number of ether oxygens (including phenoxy) is 1. The normalized spacial score (nSPS) is 10.3. The van der Waals surface area contributed by atoms with Crippen LogP contribution >= 0.6 is 23.2 Å². The fourth-order valence-electron chi connectivity index (χ4n) is 1.30. The lowest BCUT2D eigenvalue weighted by Crippen LogP contribution is -2.00. The first-order valence-corrected chi connectivity index (χ1v) is 5.60. The molecule has 5 heteroatoms. The Kier molecular flexibility index (Phi) is 3.82. The summed E-state index contributed by atoms with van der Waals surface area (Å²) in [5.74, 6) is -0.168. The number of hydrogen-bond donors (Lipinski definition) is 0. The van der Waals surface area contributed by atoms with Crippen molar-refractivity contribution in [1.29, 1.82) is 0 Å². The van der Waals surface area contributed by atoms with Crippen LogP contribution in [0.2, 0.25) is 10.0 Å². The highest BCUT2D eigenvalue weighted by atomic mass is 35.5. The van der Waals surface area contributed by atoms with Crippen molar-refractivity contribution < 1.29 is 9.13 Å². The van der Waals surface area contributed by atoms with E-state index in [-0.39, 0.29) is 6.61 Å². The van der Waals surface area contributed by atoms with Crippen molar-refractivity contribution in [1.82, 2.24) is 4.98 Å². The Morgan fingerprint density at radius 1 is 1.06 bits per heavy atom. The van der Waals surface area contributed by atoms with Crippen molar-refractivity contribution in [3.8, 4) is 5.75 Å². The Labute approximate surface area is 108 Å². The summed E-state index contributed by atoms with van der Waals surface area (Å²) in [5.41, 5.74) is 0.473. The minimum absolute atomic E-state index is 0.112. The van der Waals surface area contributed by atoms with Gasteiger partial charge in [-0.05, 0) is 24.3 Å². The highest BCUT2D eigenvalue weighted by Gasteiger charge is 2.07. The van der Waals surface area contributed by atoms with E-state index in [4.69, 9.17) is 27.9 Å². The van der Waals surface area contributed by atoms with Crippen molar-refractivity contribution in [2.75, 3.05) is 0 Å². The Hall–Kier alpha value is -1.32. The molecule has 2 aromatic rings. The summed E-state index contributed by atoms with van der Waals surface area (Å²) in [7, 11) is 0. The van der Waals surface area contributed by atoms with E-state index in [9.17, 15) is 4.39 Å². The molecule has 0 spiro atoms. The molecule has 1 aromatic heterocycles. The zero-order valence-corrected chi connectivity index (χ0v) is 10.2. The van der Waals surface area contributed by atoms with Gasteiger partial charge in [-0.2, -0.15) is 4.39 Å². The third kappa shape index (κ3) is 3.08. The summed E-state index contributed by atoms with van der Waals surface area (Å²) < 4.78 is 18.2. The third-order valence-corrected chi connectivity index (χ3v) is 2.65. The van der Waals surface area contributed by atoms with E-state index in [2.05, 4.69) is 4.98 Å². The van der Waals surface area contributed by atoms with E-state index in [1.807, 2.05) is 0 Å². The quantitative estimate of drug-likeness (QED) is 0.784. The molecular formula is C12H8Cl2FNO. The fraction of sp³-hybridized carbons (Fsp3) is 0.0833. The van der Waals surface area contributed by atoms with E-state index in [1.54, 1.807) is 30.3 Å². The molecule has 0 unspecified atom stereocenters. The first kappa shape index (κ1) is 12.1. The van der Waals surface area contributed by atoms with Crippen LogP contribution in [0.3, 0.4) is 0 Å². The van der Waals surface area contributed by atoms with Gasteiger partial charge in [0.05, 0.1) is 15.7 Å². The van der Waals surface area contributed by atoms with Gasteiger partial charge < -0.3 is 4.74 Å². The molecule has 0 radical (unpaired) electrons. The molecule has 0 bridgehead atoms. The molecule has 0 N–H and O–H groups in total. The molecule has 0 atom stereocenters. The standard InChI is InChI=1S/C12H8Cl2FNO/c13-9-4-2-5-10(14)12(9)17-7-8-3-1-6-11(15)16-8/h1-6H,7H2. The second-order valence-electron chi connectivity index (χ2n) is 3.29. The predicted molar refractivity (Wildman–Crippen MR) is 65.0 cm³/mol. The van der Waals surface area contributed by atoms with Crippen molar-refractivity contribution in [2.45, 2.75) is 6.61 Å². The maximum absolute atomic E-state index is 12.8. The summed E-state index contributed by atoms with van der Waals surface area (Å²) in [6.45, 7) is 0.112. The van der Waals surface area contributed by atoms with Gasteiger partial charge in [0.25, 0.3) is 0 Å². The monoisotopic (exact) mass is 271 g/mol. The van der Waals surface area contributed by atoms with Crippen LogP contribution in [0.1, 0.15) is 5.69 Å². The molecule has 0 aliphatic heterocycles. The first-order chi connectivity index (χ1) is 8.16. The Bertz CT molecular complexity index is 513. The molecule has 0 amide bonds. The van der Waals surface area contributed by atoms with Crippen LogP contribution in [-0.4, -0.2) is 4.98 Å². The van der Waals surface area contributed by atoms with Crippen molar-refractivity contribution in [2.24, 2.45) is 0 Å². The van der Waals surface area contributed by atoms with Crippen molar-refractivity contribution in [3.63, 3.8) is 0 Å². The van der Waals surface area contributed by atoms with E-state index in [0.717, 1.165) is 0 Å². The molecule has 0 aliphatic rings. The van der Waals surface area contributed by atoms with E-state index in [0.29, 0.717) is 21.5 Å². The molecule has 17 heavy (non-hydrogen) atoms. The topological polar surface area (TPSA) is 22.1 Å². The molecule has 1 aromatic carbocycles. The summed E-state index contributed by atoms with van der Waals surface area (Å²) in [4.78, 5) is 3.67. The average Bonchev–Trinajstić information content (AvgIpc) is 2.28. The average molecular weight is 272 g/mol. The highest BCUT2D eigenvalue weighted by molar-refractivity contribution is 6.37. The zero-order valence-electron chi connectivity index (χ0n) is 8.66. The highest BCUT2D eigenvalue weighted by Crippen LogP contribution is 2.32. The SMILES string of the molecule is Fc1cccc(COc2c(Cl)cccc2Cl)n1. The largest absolute Gasteiger partial charge is 0.484 e. The van der Waals surface area contributed by atoms with Gasteiger partial charge in [-0.1, -0.05) is 35.3 Å². The first-order valence-electron chi connectivity index (χ1n) is 4.85. The predicted octanol–water partition coefficient (Wildman–Crippen LogP) is 4.11. The maximum atomic E-state index is 12.8. The van der Waals surface area contributed by atoms with Crippen LogP contribution in [0.4, 0.5) is 4.39 Å². The number of benzene rings is 1. The minimum atomic E-state index is -0.545. The number of aromatic nitrogens is 1. The van der Waals surface area contributed by atoms with Crippen LogP contribution in [-0.2, 0) is 6.61 Å². The van der Waals surface area contributed by atoms with Crippen LogP contribution in [0, 0.1) is 5.95 Å². The lowest BCUT2D eigenvalue weighted by Gasteiger charge is -2.09. The molecule has 2 nitrogen and oxygen atoms in total. The summed E-state index contributed by atoms with van der Waals surface area (Å²) in [6.07, 6.45) is 0. The van der Waals surface area contributed by atoms with Gasteiger partial charge in [0, 0.05) is 0 Å². The number of para-hydroxylation sites is 1. The summed E-state index contributed by atoms with van der Waals surface area (Å²) in [5, 5.41) is 0.822. The molecule has 0 aliphatic carbocycles. The Balaban J connectivity index is 2.13. The van der Waals surface area contributed by atoms with E-state index < -0.39 is 5.95 Å². The molecule has 2 rings (SSSR count). The lowest BCUT2D eigenvalue weighted by molar-refractivity contribution is 0.299. The van der Waals surface area contributed by atoms with Crippen LogP contribution < -0.4 is 4.74 Å². The maximum Gasteiger partial charge on any atom is 0.213 e. The van der Waals surface area contributed by atoms with Gasteiger partial charge in [0.1, 0.15) is 6.61 Å². The van der Waals surface area contributed by atoms with Gasteiger partial charge in [0.2, 0.25) is 5.95 Å². The molecule has 0 saturated carbocycles. The molecular weight excluding hydrogens is 264 g/mol. The van der Waals surface area contributed by atoms with Gasteiger partial charge in [-0.15, -0.1) is 0 Å². The van der Waals surface area contributed by atoms with Crippen LogP contribution in [0.25, 0.3) is 0 Å². The second kappa shape index (κ2) is 5.34. The molecule has 0 fully saturated rings. The smallest absolute Gasteiger partial charge is 0.213 e. The minimum Gasteiger partial charge on any atom is -0.484 e. The number of rotatable bonds is 3. The number of pyridine rings is 1. The van der Waals surface area contributed by atoms with Crippen molar-refractivity contribution >= 4 is 23.2 Å². The number of hydrogen-bond acceptors (Lipinski definition) is 2. The third-order valence-electron chi connectivity index (χ3n) is 2.06. The Morgan fingerprint density at radius 3 is 2.35 bits per heavy atom. The Morgan fingerprint density at radius 2 is 1.71 bits per heavy atom. The van der Waals surface area contributed by atoms with Crippen molar-refractivity contribution in [3.05, 3.63) is 58.1 Å². The fourth-order valence-corrected chi connectivity index (χ4v) is 1.80. The van der Waals surface area contributed by atoms with Crippen LogP contribution in [0.5, 0.6) is 5.75 Å². The van der Waals surface area contributed by atoms with Gasteiger partial charge in [0.15, 0.2) is 5.75 Å². The van der Waals surface area contributed by atoms with Gasteiger partial charge in [-0.3, -0.25) is 0 Å². The molecule has 88 valence electrons.